The second-order valence-electron chi connectivity index (χ2n) is 7.33. The van der Waals surface area contributed by atoms with E-state index in [9.17, 15) is 18.8 Å². The molecule has 7 nitrogen and oxygen atoms in total. The van der Waals surface area contributed by atoms with Crippen molar-refractivity contribution in [2.45, 2.75) is 6.61 Å². The minimum absolute atomic E-state index is 0.0953. The second-order valence-corrected chi connectivity index (χ2v) is 9.49. The van der Waals surface area contributed by atoms with Crippen molar-refractivity contribution in [3.8, 4) is 5.75 Å². The molecule has 0 unspecified atom stereocenters. The fourth-order valence-electron chi connectivity index (χ4n) is 3.33. The minimum Gasteiger partial charge on any atom is -0.488 e. The molecule has 33 heavy (non-hydrogen) atoms. The fraction of sp³-hybridized carbons (Fsp3) is 0.261. The number of imide groups is 1. The molecule has 2 fully saturated rings. The Bertz CT molecular complexity index is 1120. The SMILES string of the molecule is O=C(CN1C(=O)S/C(=C/c2ccc(OCc3ccccc3F)c(I)c2)C1=O)N1CCOCC1. The van der Waals surface area contributed by atoms with Gasteiger partial charge in [0.1, 0.15) is 24.7 Å². The molecule has 4 rings (SSSR count). The summed E-state index contributed by atoms with van der Waals surface area (Å²) in [6.45, 7) is 1.63. The van der Waals surface area contributed by atoms with Crippen LogP contribution >= 0.6 is 34.4 Å². The van der Waals surface area contributed by atoms with Crippen LogP contribution < -0.4 is 4.74 Å². The van der Waals surface area contributed by atoms with E-state index in [-0.39, 0.29) is 29.8 Å². The van der Waals surface area contributed by atoms with Gasteiger partial charge < -0.3 is 14.4 Å². The quantitative estimate of drug-likeness (QED) is 0.380. The molecule has 3 amide bonds. The van der Waals surface area contributed by atoms with Crippen molar-refractivity contribution in [3.63, 3.8) is 0 Å². The summed E-state index contributed by atoms with van der Waals surface area (Å²) in [4.78, 5) is 40.4. The van der Waals surface area contributed by atoms with E-state index in [0.29, 0.717) is 43.2 Å². The van der Waals surface area contributed by atoms with Gasteiger partial charge in [-0.25, -0.2) is 4.39 Å². The van der Waals surface area contributed by atoms with Crippen LogP contribution in [0.4, 0.5) is 9.18 Å². The number of carbonyl (C=O) groups is 3. The van der Waals surface area contributed by atoms with Crippen LogP contribution in [0.15, 0.2) is 47.4 Å². The Morgan fingerprint density at radius 1 is 1.18 bits per heavy atom. The molecule has 0 radical (unpaired) electrons. The highest BCUT2D eigenvalue weighted by Gasteiger charge is 2.37. The van der Waals surface area contributed by atoms with Crippen LogP contribution in [0.25, 0.3) is 6.08 Å². The van der Waals surface area contributed by atoms with Crippen LogP contribution in [0, 0.1) is 9.39 Å². The molecule has 0 aromatic heterocycles. The third-order valence-corrected chi connectivity index (χ3v) is 6.88. The second kappa shape index (κ2) is 10.7. The maximum absolute atomic E-state index is 13.8. The molecular formula is C23H20FIN2O5S. The number of nitrogens with zero attached hydrogens (tertiary/aromatic N) is 2. The number of carbonyl (C=O) groups excluding carboxylic acids is 3. The highest BCUT2D eigenvalue weighted by molar-refractivity contribution is 14.1. The monoisotopic (exact) mass is 582 g/mol. The topological polar surface area (TPSA) is 76.2 Å². The van der Waals surface area contributed by atoms with Crippen LogP contribution in [0.5, 0.6) is 5.75 Å². The first-order valence-corrected chi connectivity index (χ1v) is 12.1. The van der Waals surface area contributed by atoms with Crippen molar-refractivity contribution < 1.29 is 28.2 Å². The van der Waals surface area contributed by atoms with Crippen LogP contribution in [-0.2, 0) is 20.9 Å². The van der Waals surface area contributed by atoms with Gasteiger partial charge in [0, 0.05) is 18.7 Å². The van der Waals surface area contributed by atoms with E-state index in [0.717, 1.165) is 20.2 Å². The predicted molar refractivity (Wildman–Crippen MR) is 130 cm³/mol. The Labute approximate surface area is 208 Å². The van der Waals surface area contributed by atoms with E-state index in [2.05, 4.69) is 22.6 Å². The van der Waals surface area contributed by atoms with Crippen LogP contribution in [0.2, 0.25) is 0 Å². The summed E-state index contributed by atoms with van der Waals surface area (Å²) in [5, 5.41) is -0.465. The smallest absolute Gasteiger partial charge is 0.294 e. The zero-order chi connectivity index (χ0) is 23.4. The number of thioether (sulfide) groups is 1. The van der Waals surface area contributed by atoms with Crippen LogP contribution in [-0.4, -0.2) is 59.7 Å². The molecule has 0 N–H and O–H groups in total. The zero-order valence-corrected chi connectivity index (χ0v) is 20.4. The normalized spacial score (nSPS) is 17.7. The molecule has 2 aliphatic rings. The number of halogens is 2. The number of amides is 3. The molecule has 2 saturated heterocycles. The van der Waals surface area contributed by atoms with Gasteiger partial charge >= 0.3 is 0 Å². The lowest BCUT2D eigenvalue weighted by molar-refractivity contribution is -0.139. The third kappa shape index (κ3) is 5.74. The van der Waals surface area contributed by atoms with Gasteiger partial charge in [0.2, 0.25) is 5.91 Å². The summed E-state index contributed by atoms with van der Waals surface area (Å²) in [6.07, 6.45) is 1.62. The number of hydrogen-bond acceptors (Lipinski definition) is 6. The Hall–Kier alpha value is -2.44. The number of hydrogen-bond donors (Lipinski definition) is 0. The number of rotatable bonds is 6. The Kier molecular flexibility index (Phi) is 7.66. The number of benzene rings is 2. The van der Waals surface area contributed by atoms with E-state index in [1.165, 1.54) is 6.07 Å². The summed E-state index contributed by atoms with van der Waals surface area (Å²) in [5.74, 6) is -0.499. The largest absolute Gasteiger partial charge is 0.488 e. The molecule has 0 saturated carbocycles. The highest BCUT2D eigenvalue weighted by Crippen LogP contribution is 2.33. The van der Waals surface area contributed by atoms with Crippen LogP contribution in [0.3, 0.4) is 0 Å². The van der Waals surface area contributed by atoms with Crippen molar-refractivity contribution >= 4 is 57.5 Å². The standard InChI is InChI=1S/C23H20FIN2O5S/c24-17-4-2-1-3-16(17)14-32-19-6-5-15(11-18(19)25)12-20-22(29)27(23(30)33-20)13-21(28)26-7-9-31-10-8-26/h1-6,11-12H,7-10,13-14H2/b20-12+. The van der Waals surface area contributed by atoms with E-state index < -0.39 is 11.1 Å². The molecule has 0 aliphatic carbocycles. The maximum atomic E-state index is 13.8. The van der Waals surface area contributed by atoms with E-state index in [1.807, 2.05) is 6.07 Å². The molecule has 172 valence electrons. The fourth-order valence-corrected chi connectivity index (χ4v) is 4.86. The molecule has 2 aromatic rings. The van der Waals surface area contributed by atoms with Gasteiger partial charge in [-0.2, -0.15) is 0 Å². The third-order valence-electron chi connectivity index (χ3n) is 5.13. The predicted octanol–water partition coefficient (Wildman–Crippen LogP) is 3.90. The Balaban J connectivity index is 1.41. The van der Waals surface area contributed by atoms with E-state index in [1.54, 1.807) is 41.3 Å². The van der Waals surface area contributed by atoms with Gasteiger partial charge in [0.25, 0.3) is 11.1 Å². The molecule has 0 atom stereocenters. The van der Waals surface area contributed by atoms with Crippen molar-refractivity contribution in [2.75, 3.05) is 32.8 Å². The van der Waals surface area contributed by atoms with E-state index >= 15 is 0 Å². The van der Waals surface area contributed by atoms with E-state index in [4.69, 9.17) is 9.47 Å². The molecular weight excluding hydrogens is 562 g/mol. The molecule has 0 spiro atoms. The van der Waals surface area contributed by atoms with Gasteiger partial charge in [-0.05, 0) is 64.2 Å². The van der Waals surface area contributed by atoms with Gasteiger partial charge in [0.15, 0.2) is 0 Å². The summed E-state index contributed by atoms with van der Waals surface area (Å²) in [7, 11) is 0. The lowest BCUT2D eigenvalue weighted by Gasteiger charge is -2.28. The number of ether oxygens (including phenoxy) is 2. The first-order chi connectivity index (χ1) is 15.9. The van der Waals surface area contributed by atoms with Crippen LogP contribution in [0.1, 0.15) is 11.1 Å². The minimum atomic E-state index is -0.485. The average molecular weight is 582 g/mol. The summed E-state index contributed by atoms with van der Waals surface area (Å²) < 4.78 is 25.5. The molecule has 2 heterocycles. The molecule has 0 bridgehead atoms. The number of morpholine rings is 1. The lowest BCUT2D eigenvalue weighted by atomic mass is 10.2. The average Bonchev–Trinajstić information content (AvgIpc) is 3.07. The van der Waals surface area contributed by atoms with Gasteiger partial charge in [0.05, 0.1) is 21.7 Å². The van der Waals surface area contributed by atoms with Gasteiger partial charge in [-0.3, -0.25) is 19.3 Å². The first-order valence-electron chi connectivity index (χ1n) is 10.2. The maximum Gasteiger partial charge on any atom is 0.294 e. The van der Waals surface area contributed by atoms with Crippen molar-refractivity contribution in [3.05, 3.63) is 67.9 Å². The summed E-state index contributed by atoms with van der Waals surface area (Å²) >= 11 is 2.91. The summed E-state index contributed by atoms with van der Waals surface area (Å²) in [5.41, 5.74) is 1.17. The summed E-state index contributed by atoms with van der Waals surface area (Å²) in [6, 6.07) is 11.7. The Morgan fingerprint density at radius 3 is 2.67 bits per heavy atom. The molecule has 10 heteroatoms. The van der Waals surface area contributed by atoms with Crippen molar-refractivity contribution in [1.82, 2.24) is 9.80 Å². The van der Waals surface area contributed by atoms with Gasteiger partial charge in [-0.15, -0.1) is 0 Å². The first kappa shape index (κ1) is 23.7. The molecule has 2 aromatic carbocycles. The van der Waals surface area contributed by atoms with Crippen molar-refractivity contribution in [1.29, 1.82) is 0 Å². The molecule has 2 aliphatic heterocycles. The van der Waals surface area contributed by atoms with Crippen molar-refractivity contribution in [2.24, 2.45) is 0 Å². The highest BCUT2D eigenvalue weighted by atomic mass is 127. The Morgan fingerprint density at radius 2 is 1.94 bits per heavy atom. The lowest BCUT2D eigenvalue weighted by Crippen LogP contribution is -2.46. The zero-order valence-electron chi connectivity index (χ0n) is 17.5. The van der Waals surface area contributed by atoms with Gasteiger partial charge in [-0.1, -0.05) is 24.3 Å².